The van der Waals surface area contributed by atoms with Crippen molar-refractivity contribution in [2.75, 3.05) is 0 Å². The van der Waals surface area contributed by atoms with Gasteiger partial charge < -0.3 is 15.2 Å². The Bertz CT molecular complexity index is 612. The molecule has 6 nitrogen and oxygen atoms in total. The number of fused-ring (bicyclic) bond motifs is 1. The third-order valence-corrected chi connectivity index (χ3v) is 3.08. The molecule has 1 aromatic heterocycles. The minimum Gasteiger partial charge on any atom is -0.478 e. The molecule has 19 heavy (non-hydrogen) atoms. The number of ether oxygens (including phenoxy) is 1. The lowest BCUT2D eigenvalue weighted by atomic mass is 10.1. The number of aliphatic hydroxyl groups excluding tert-OH is 1. The van der Waals surface area contributed by atoms with Gasteiger partial charge in [0.25, 0.3) is 5.91 Å². The molecule has 1 aliphatic rings. The normalized spacial score (nSPS) is 23.1. The zero-order valence-electron chi connectivity index (χ0n) is 10.1. The third-order valence-electron chi connectivity index (χ3n) is 3.08. The van der Waals surface area contributed by atoms with Crippen molar-refractivity contribution in [3.63, 3.8) is 0 Å². The van der Waals surface area contributed by atoms with E-state index in [0.717, 1.165) is 10.9 Å². The number of hydrogen-bond donors (Lipinski definition) is 2. The lowest BCUT2D eigenvalue weighted by Gasteiger charge is -2.26. The first-order valence-corrected chi connectivity index (χ1v) is 6.09. The Balaban J connectivity index is 1.87. The van der Waals surface area contributed by atoms with E-state index in [-0.39, 0.29) is 5.91 Å². The van der Waals surface area contributed by atoms with E-state index in [1.807, 2.05) is 24.3 Å². The molecule has 1 aliphatic heterocycles. The molecule has 0 radical (unpaired) electrons. The summed E-state index contributed by atoms with van der Waals surface area (Å²) in [5.74, 6) is 0.224. The summed E-state index contributed by atoms with van der Waals surface area (Å²) < 4.78 is 5.70. The average Bonchev–Trinajstić information content (AvgIpc) is 2.42. The molecule has 1 saturated heterocycles. The average molecular weight is 259 g/mol. The maximum Gasteiger partial charge on any atom is 0.263 e. The molecule has 2 heterocycles. The maximum absolute atomic E-state index is 11.7. The second-order valence-corrected chi connectivity index (χ2v) is 4.43. The first-order valence-electron chi connectivity index (χ1n) is 6.09. The van der Waals surface area contributed by atoms with E-state index in [9.17, 15) is 9.90 Å². The molecular weight excluding hydrogens is 246 g/mol. The zero-order chi connectivity index (χ0) is 13.2. The highest BCUT2D eigenvalue weighted by atomic mass is 16.5. The number of nitrogens with one attached hydrogen (secondary N) is 1. The lowest BCUT2D eigenvalue weighted by Crippen LogP contribution is -2.48. The second kappa shape index (κ2) is 4.81. The monoisotopic (exact) mass is 259 g/mol. The van der Waals surface area contributed by atoms with Crippen LogP contribution < -0.4 is 10.1 Å². The molecule has 2 unspecified atom stereocenters. The van der Waals surface area contributed by atoms with Gasteiger partial charge in [0.2, 0.25) is 0 Å². The van der Waals surface area contributed by atoms with Crippen LogP contribution in [0.3, 0.4) is 0 Å². The topological polar surface area (TPSA) is 84.3 Å². The molecule has 0 aliphatic carbocycles. The Morgan fingerprint density at radius 1 is 1.32 bits per heavy atom. The number of nitrogens with zero attached hydrogens (tertiary/aromatic N) is 2. The highest BCUT2D eigenvalue weighted by Gasteiger charge is 2.28. The van der Waals surface area contributed by atoms with Gasteiger partial charge >= 0.3 is 0 Å². The molecule has 98 valence electrons. The van der Waals surface area contributed by atoms with Crippen LogP contribution in [0.15, 0.2) is 30.5 Å². The van der Waals surface area contributed by atoms with E-state index >= 15 is 0 Å². The van der Waals surface area contributed by atoms with E-state index in [0.29, 0.717) is 18.6 Å². The first kappa shape index (κ1) is 11.9. The van der Waals surface area contributed by atoms with Crippen molar-refractivity contribution in [1.29, 1.82) is 0 Å². The number of aromatic nitrogens is 2. The van der Waals surface area contributed by atoms with Crippen molar-refractivity contribution < 1.29 is 14.6 Å². The Kier molecular flexibility index (Phi) is 3.00. The van der Waals surface area contributed by atoms with Crippen LogP contribution in [0.1, 0.15) is 12.8 Å². The molecule has 2 atom stereocenters. The van der Waals surface area contributed by atoms with Crippen LogP contribution in [-0.4, -0.2) is 33.5 Å². The molecule has 6 heteroatoms. The number of piperidine rings is 1. The van der Waals surface area contributed by atoms with Crippen LogP contribution in [-0.2, 0) is 4.79 Å². The van der Waals surface area contributed by atoms with Crippen molar-refractivity contribution in [2.24, 2.45) is 0 Å². The summed E-state index contributed by atoms with van der Waals surface area (Å²) in [6.45, 7) is 0. The Morgan fingerprint density at radius 2 is 2.16 bits per heavy atom. The van der Waals surface area contributed by atoms with Gasteiger partial charge in [0.1, 0.15) is 12.0 Å². The number of hydrogen-bond acceptors (Lipinski definition) is 5. The lowest BCUT2D eigenvalue weighted by molar-refractivity contribution is -0.135. The number of carbonyl (C=O) groups excluding carboxylic acids is 1. The van der Waals surface area contributed by atoms with Crippen LogP contribution in [0.2, 0.25) is 0 Å². The van der Waals surface area contributed by atoms with Crippen LogP contribution in [0, 0.1) is 0 Å². The summed E-state index contributed by atoms with van der Waals surface area (Å²) in [4.78, 5) is 11.7. The first-order chi connectivity index (χ1) is 9.24. The van der Waals surface area contributed by atoms with E-state index in [4.69, 9.17) is 4.74 Å². The minimum atomic E-state index is -0.778. The van der Waals surface area contributed by atoms with Gasteiger partial charge in [-0.15, -0.1) is 0 Å². The van der Waals surface area contributed by atoms with Gasteiger partial charge in [0.05, 0.1) is 11.7 Å². The van der Waals surface area contributed by atoms with Crippen molar-refractivity contribution in [3.05, 3.63) is 30.5 Å². The van der Waals surface area contributed by atoms with Gasteiger partial charge in [0, 0.05) is 5.39 Å². The van der Waals surface area contributed by atoms with Crippen LogP contribution in [0.25, 0.3) is 10.9 Å². The quantitative estimate of drug-likeness (QED) is 0.825. The fourth-order valence-electron chi connectivity index (χ4n) is 2.11. The van der Waals surface area contributed by atoms with Gasteiger partial charge in [-0.25, -0.2) is 0 Å². The van der Waals surface area contributed by atoms with Gasteiger partial charge in [-0.05, 0) is 25.0 Å². The third kappa shape index (κ3) is 2.34. The fraction of sp³-hybridized carbons (Fsp3) is 0.308. The minimum absolute atomic E-state index is 0.306. The molecule has 1 aromatic carbocycles. The zero-order valence-corrected chi connectivity index (χ0v) is 10.1. The Morgan fingerprint density at radius 3 is 3.00 bits per heavy atom. The Labute approximate surface area is 109 Å². The predicted octanol–water partition coefficient (Wildman–Crippen LogP) is 0.606. The number of benzene rings is 1. The Hall–Kier alpha value is -2.21. The number of amides is 1. The molecule has 1 amide bonds. The highest BCUT2D eigenvalue weighted by Crippen LogP contribution is 2.25. The second-order valence-electron chi connectivity index (χ2n) is 4.43. The predicted molar refractivity (Wildman–Crippen MR) is 67.3 cm³/mol. The smallest absolute Gasteiger partial charge is 0.263 e. The van der Waals surface area contributed by atoms with Gasteiger partial charge in [-0.1, -0.05) is 12.1 Å². The van der Waals surface area contributed by atoms with Gasteiger partial charge in [-0.3, -0.25) is 4.79 Å². The fourth-order valence-corrected chi connectivity index (χ4v) is 2.11. The number of rotatable bonds is 2. The van der Waals surface area contributed by atoms with Crippen LogP contribution >= 0.6 is 0 Å². The van der Waals surface area contributed by atoms with Crippen molar-refractivity contribution in [3.8, 4) is 5.75 Å². The molecule has 0 bridgehead atoms. The summed E-state index contributed by atoms with van der Waals surface area (Å²) in [7, 11) is 0. The molecule has 2 N–H and O–H groups in total. The highest BCUT2D eigenvalue weighted by molar-refractivity contribution is 5.86. The van der Waals surface area contributed by atoms with E-state index in [1.54, 1.807) is 0 Å². The van der Waals surface area contributed by atoms with Gasteiger partial charge in [-0.2, -0.15) is 10.2 Å². The van der Waals surface area contributed by atoms with Crippen molar-refractivity contribution >= 4 is 16.8 Å². The van der Waals surface area contributed by atoms with Crippen molar-refractivity contribution in [1.82, 2.24) is 15.5 Å². The maximum atomic E-state index is 11.7. The van der Waals surface area contributed by atoms with Gasteiger partial charge in [0.15, 0.2) is 6.10 Å². The van der Waals surface area contributed by atoms with Crippen LogP contribution in [0.5, 0.6) is 5.75 Å². The summed E-state index contributed by atoms with van der Waals surface area (Å²) in [5.41, 5.74) is 0.719. The molecule has 3 rings (SSSR count). The summed E-state index contributed by atoms with van der Waals surface area (Å²) in [5, 5.41) is 20.5. The summed E-state index contributed by atoms with van der Waals surface area (Å²) >= 11 is 0. The van der Waals surface area contributed by atoms with E-state index in [2.05, 4.69) is 15.5 Å². The number of carbonyl (C=O) groups is 1. The summed E-state index contributed by atoms with van der Waals surface area (Å²) in [6, 6.07) is 7.45. The number of aliphatic hydroxyl groups is 1. The SMILES string of the molecule is O=C1NC(O)CCC1Oc1cnnc2ccccc12. The summed E-state index contributed by atoms with van der Waals surface area (Å²) in [6.07, 6.45) is 1.08. The molecule has 2 aromatic rings. The largest absolute Gasteiger partial charge is 0.478 e. The molecular formula is C13H13N3O3. The van der Waals surface area contributed by atoms with E-state index in [1.165, 1.54) is 6.20 Å². The standard InChI is InChI=1S/C13H13N3O3/c17-12-6-5-10(13(18)15-12)19-11-7-14-16-9-4-2-1-3-8(9)11/h1-4,7,10,12,17H,5-6H2,(H,15,18). The van der Waals surface area contributed by atoms with Crippen molar-refractivity contribution in [2.45, 2.75) is 25.2 Å². The van der Waals surface area contributed by atoms with E-state index < -0.39 is 12.3 Å². The molecule has 0 spiro atoms. The molecule has 1 fully saturated rings. The van der Waals surface area contributed by atoms with Crippen LogP contribution in [0.4, 0.5) is 0 Å². The molecule has 0 saturated carbocycles.